The first-order valence-electron chi connectivity index (χ1n) is 4.00. The Morgan fingerprint density at radius 3 is 2.31 bits per heavy atom. The quantitative estimate of drug-likeness (QED) is 0.659. The van der Waals surface area contributed by atoms with Crippen LogP contribution in [0.4, 0.5) is 0 Å². The number of allylic oxidation sites excluding steroid dienone is 2. The minimum Gasteiger partial charge on any atom is -0.308 e. The highest BCUT2D eigenvalue weighted by Crippen LogP contribution is 2.57. The molecule has 74 valence electrons. The maximum atomic E-state index is 11.8. The van der Waals surface area contributed by atoms with Gasteiger partial charge in [0.15, 0.2) is 5.78 Å². The van der Waals surface area contributed by atoms with Gasteiger partial charge in [0, 0.05) is 20.6 Å². The number of Topliss-reactive ketones (excluding diaryl/α,β-unsaturated/α-hetero) is 1. The lowest BCUT2D eigenvalue weighted by atomic mass is 10.2. The first-order valence-corrected chi connectivity index (χ1v) is 5.55. The molecule has 5 heteroatoms. The SMILES string of the molecule is COP(=O)(OC)C1=CC(C)CC1=O. The first-order chi connectivity index (χ1) is 6.03. The molecule has 0 aliphatic heterocycles. The average molecular weight is 204 g/mol. The molecule has 13 heavy (non-hydrogen) atoms. The van der Waals surface area contributed by atoms with Gasteiger partial charge in [0.25, 0.3) is 0 Å². The van der Waals surface area contributed by atoms with E-state index in [2.05, 4.69) is 0 Å². The first kappa shape index (κ1) is 10.6. The number of rotatable bonds is 3. The van der Waals surface area contributed by atoms with Gasteiger partial charge in [-0.1, -0.05) is 13.0 Å². The molecule has 0 aromatic carbocycles. The summed E-state index contributed by atoms with van der Waals surface area (Å²) in [5.41, 5.74) is 0. The third-order valence-corrected chi connectivity index (χ3v) is 3.96. The van der Waals surface area contributed by atoms with E-state index < -0.39 is 7.60 Å². The van der Waals surface area contributed by atoms with Crippen molar-refractivity contribution in [1.82, 2.24) is 0 Å². The molecule has 1 aliphatic carbocycles. The van der Waals surface area contributed by atoms with Crippen LogP contribution in [0, 0.1) is 5.92 Å². The number of hydrogen-bond acceptors (Lipinski definition) is 4. The van der Waals surface area contributed by atoms with Gasteiger partial charge < -0.3 is 9.05 Å². The monoisotopic (exact) mass is 204 g/mol. The van der Waals surface area contributed by atoms with Crippen LogP contribution in [0.3, 0.4) is 0 Å². The molecule has 0 heterocycles. The van der Waals surface area contributed by atoms with Crippen LogP contribution in [-0.2, 0) is 18.4 Å². The van der Waals surface area contributed by atoms with Gasteiger partial charge in [-0.2, -0.15) is 0 Å². The van der Waals surface area contributed by atoms with E-state index in [1.165, 1.54) is 14.2 Å². The highest BCUT2D eigenvalue weighted by Gasteiger charge is 2.37. The molecule has 0 aromatic heterocycles. The standard InChI is InChI=1S/C8H13O4P/c1-6-4-7(9)8(5-6)13(10,11-2)12-3/h5-6H,4H2,1-3H3. The smallest absolute Gasteiger partial charge is 0.308 e. The summed E-state index contributed by atoms with van der Waals surface area (Å²) in [6, 6.07) is 0. The van der Waals surface area contributed by atoms with Crippen LogP contribution in [0.5, 0.6) is 0 Å². The molecule has 0 N–H and O–H groups in total. The molecule has 0 amide bonds. The molecule has 0 fully saturated rings. The van der Waals surface area contributed by atoms with Gasteiger partial charge in [-0.25, -0.2) is 0 Å². The average Bonchev–Trinajstić information content (AvgIpc) is 2.44. The summed E-state index contributed by atoms with van der Waals surface area (Å²) < 4.78 is 21.2. The van der Waals surface area contributed by atoms with E-state index in [4.69, 9.17) is 9.05 Å². The van der Waals surface area contributed by atoms with E-state index in [1.54, 1.807) is 6.08 Å². The Morgan fingerprint density at radius 1 is 1.46 bits per heavy atom. The molecule has 0 spiro atoms. The fraction of sp³-hybridized carbons (Fsp3) is 0.625. The lowest BCUT2D eigenvalue weighted by Crippen LogP contribution is -2.00. The molecule has 1 atom stereocenters. The largest absolute Gasteiger partial charge is 0.364 e. The number of hydrogen-bond donors (Lipinski definition) is 0. The Bertz CT molecular complexity index is 287. The van der Waals surface area contributed by atoms with E-state index in [9.17, 15) is 9.36 Å². The van der Waals surface area contributed by atoms with Gasteiger partial charge in [0.1, 0.15) is 5.31 Å². The van der Waals surface area contributed by atoms with Gasteiger partial charge >= 0.3 is 7.60 Å². The van der Waals surface area contributed by atoms with Gasteiger partial charge in [0.05, 0.1) is 0 Å². The molecule has 0 saturated carbocycles. The van der Waals surface area contributed by atoms with Crippen molar-refractivity contribution in [3.63, 3.8) is 0 Å². The maximum Gasteiger partial charge on any atom is 0.364 e. The van der Waals surface area contributed by atoms with E-state index in [0.717, 1.165) is 0 Å². The normalized spacial score (nSPS) is 23.5. The van der Waals surface area contributed by atoms with Crippen LogP contribution in [0.1, 0.15) is 13.3 Å². The number of carbonyl (C=O) groups is 1. The van der Waals surface area contributed by atoms with Crippen molar-refractivity contribution in [2.24, 2.45) is 5.92 Å². The van der Waals surface area contributed by atoms with Crippen molar-refractivity contribution in [1.29, 1.82) is 0 Å². The molecular weight excluding hydrogens is 191 g/mol. The van der Waals surface area contributed by atoms with Gasteiger partial charge in [0.2, 0.25) is 0 Å². The topological polar surface area (TPSA) is 52.6 Å². The van der Waals surface area contributed by atoms with Crippen molar-refractivity contribution in [2.45, 2.75) is 13.3 Å². The van der Waals surface area contributed by atoms with Crippen molar-refractivity contribution >= 4 is 13.4 Å². The van der Waals surface area contributed by atoms with Gasteiger partial charge in [-0.15, -0.1) is 0 Å². The summed E-state index contributed by atoms with van der Waals surface area (Å²) >= 11 is 0. The van der Waals surface area contributed by atoms with Crippen molar-refractivity contribution in [2.75, 3.05) is 14.2 Å². The lowest BCUT2D eigenvalue weighted by molar-refractivity contribution is -0.114. The summed E-state index contributed by atoms with van der Waals surface area (Å²) in [5, 5.41) is 0.199. The van der Waals surface area contributed by atoms with Crippen LogP contribution >= 0.6 is 7.60 Å². The highest BCUT2D eigenvalue weighted by atomic mass is 31.2. The second-order valence-corrected chi connectivity index (χ2v) is 5.23. The summed E-state index contributed by atoms with van der Waals surface area (Å²) in [4.78, 5) is 11.3. The Balaban J connectivity index is 3.00. The minimum absolute atomic E-state index is 0.126. The maximum absolute atomic E-state index is 11.8. The third-order valence-electron chi connectivity index (χ3n) is 2.01. The second kappa shape index (κ2) is 3.74. The molecular formula is C8H13O4P. The van der Waals surface area contributed by atoms with Crippen LogP contribution in [0.25, 0.3) is 0 Å². The van der Waals surface area contributed by atoms with Gasteiger partial charge in [-0.05, 0) is 5.92 Å². The molecule has 4 nitrogen and oxygen atoms in total. The summed E-state index contributed by atoms with van der Waals surface area (Å²) in [5.74, 6) is -0.0133. The molecule has 0 radical (unpaired) electrons. The Kier molecular flexibility index (Phi) is 3.06. The predicted molar refractivity (Wildman–Crippen MR) is 48.5 cm³/mol. The molecule has 0 saturated heterocycles. The summed E-state index contributed by atoms with van der Waals surface area (Å²) in [6.45, 7) is 1.89. The van der Waals surface area contributed by atoms with Crippen LogP contribution in [0.15, 0.2) is 11.4 Å². The predicted octanol–water partition coefficient (Wildman–Crippen LogP) is 1.97. The Labute approximate surface area is 77.4 Å². The molecule has 1 aliphatic rings. The third kappa shape index (κ3) is 1.90. The van der Waals surface area contributed by atoms with E-state index in [-0.39, 0.29) is 17.0 Å². The van der Waals surface area contributed by atoms with E-state index in [0.29, 0.717) is 6.42 Å². The van der Waals surface area contributed by atoms with Crippen molar-refractivity contribution in [3.8, 4) is 0 Å². The minimum atomic E-state index is -3.31. The summed E-state index contributed by atoms with van der Waals surface area (Å²) in [6.07, 6.45) is 2.06. The molecule has 1 rings (SSSR count). The van der Waals surface area contributed by atoms with Gasteiger partial charge in [-0.3, -0.25) is 9.36 Å². The van der Waals surface area contributed by atoms with Crippen LogP contribution in [-0.4, -0.2) is 20.0 Å². The van der Waals surface area contributed by atoms with Crippen molar-refractivity contribution < 1.29 is 18.4 Å². The lowest BCUT2D eigenvalue weighted by Gasteiger charge is -2.12. The highest BCUT2D eigenvalue weighted by molar-refractivity contribution is 7.60. The van der Waals surface area contributed by atoms with E-state index >= 15 is 0 Å². The molecule has 0 aromatic rings. The molecule has 0 bridgehead atoms. The Morgan fingerprint density at radius 2 is 2.00 bits per heavy atom. The summed E-state index contributed by atoms with van der Waals surface area (Å²) in [7, 11) is -0.752. The zero-order valence-corrected chi connectivity index (χ0v) is 8.84. The second-order valence-electron chi connectivity index (χ2n) is 3.02. The van der Waals surface area contributed by atoms with Crippen molar-refractivity contribution in [3.05, 3.63) is 11.4 Å². The fourth-order valence-corrected chi connectivity index (χ4v) is 2.71. The zero-order chi connectivity index (χ0) is 10.1. The van der Waals surface area contributed by atoms with E-state index in [1.807, 2.05) is 6.92 Å². The fourth-order valence-electron chi connectivity index (χ4n) is 1.33. The Hall–Kier alpha value is -0.440. The number of carbonyl (C=O) groups excluding carboxylic acids is 1. The number of ketones is 1. The molecule has 1 unspecified atom stereocenters. The zero-order valence-electron chi connectivity index (χ0n) is 7.94. The van der Waals surface area contributed by atoms with Crippen LogP contribution < -0.4 is 0 Å². The van der Waals surface area contributed by atoms with Crippen LogP contribution in [0.2, 0.25) is 0 Å².